The van der Waals surface area contributed by atoms with Crippen molar-refractivity contribution in [3.8, 4) is 0 Å². The molecule has 7 heteroatoms. The molecule has 1 aromatic carbocycles. The second-order valence-electron chi connectivity index (χ2n) is 4.33. The molecule has 3 rings (SSSR count). The van der Waals surface area contributed by atoms with Crippen LogP contribution in [0.5, 0.6) is 0 Å². The predicted octanol–water partition coefficient (Wildman–Crippen LogP) is 2.08. The molecule has 0 spiro atoms. The Balaban J connectivity index is 2.00. The standard InChI is InChI=1S/C13H12N4O2S/c1-17-9-5-3-2-4-8(9)11-12(17)14-13(16-15-11)20-7-6-10(18)19/h2-5H,6-7H2,1H3,(H,18,19). The minimum Gasteiger partial charge on any atom is -0.481 e. The lowest BCUT2D eigenvalue weighted by Crippen LogP contribution is -1.99. The molecule has 6 nitrogen and oxygen atoms in total. The Morgan fingerprint density at radius 1 is 1.35 bits per heavy atom. The summed E-state index contributed by atoms with van der Waals surface area (Å²) in [5.41, 5.74) is 2.58. The average molecular weight is 288 g/mol. The first-order valence-corrected chi connectivity index (χ1v) is 7.08. The number of carboxylic acids is 1. The molecule has 0 fully saturated rings. The van der Waals surface area contributed by atoms with Crippen molar-refractivity contribution in [1.29, 1.82) is 0 Å². The van der Waals surface area contributed by atoms with Crippen molar-refractivity contribution in [2.75, 3.05) is 5.75 Å². The van der Waals surface area contributed by atoms with Crippen LogP contribution in [0.15, 0.2) is 29.4 Å². The van der Waals surface area contributed by atoms with Crippen LogP contribution in [-0.2, 0) is 11.8 Å². The van der Waals surface area contributed by atoms with E-state index in [0.29, 0.717) is 10.9 Å². The topological polar surface area (TPSA) is 80.9 Å². The van der Waals surface area contributed by atoms with Gasteiger partial charge in [0.05, 0.1) is 11.9 Å². The van der Waals surface area contributed by atoms with E-state index in [2.05, 4.69) is 15.2 Å². The monoisotopic (exact) mass is 288 g/mol. The average Bonchev–Trinajstić information content (AvgIpc) is 2.73. The number of rotatable bonds is 4. The molecule has 0 radical (unpaired) electrons. The Bertz CT molecular complexity index is 800. The second kappa shape index (κ2) is 5.09. The minimum atomic E-state index is -0.823. The molecule has 2 heterocycles. The summed E-state index contributed by atoms with van der Waals surface area (Å²) in [6, 6.07) is 7.93. The highest BCUT2D eigenvalue weighted by Gasteiger charge is 2.12. The van der Waals surface area contributed by atoms with Crippen LogP contribution < -0.4 is 0 Å². The fraction of sp³-hybridized carbons (Fsp3) is 0.231. The van der Waals surface area contributed by atoms with E-state index < -0.39 is 5.97 Å². The van der Waals surface area contributed by atoms with Crippen molar-refractivity contribution >= 4 is 39.8 Å². The lowest BCUT2D eigenvalue weighted by atomic mass is 10.2. The Hall–Kier alpha value is -2.15. The highest BCUT2D eigenvalue weighted by molar-refractivity contribution is 7.99. The maximum absolute atomic E-state index is 10.5. The first-order valence-electron chi connectivity index (χ1n) is 6.09. The van der Waals surface area contributed by atoms with Crippen LogP contribution in [-0.4, -0.2) is 36.6 Å². The van der Waals surface area contributed by atoms with Crippen LogP contribution in [0.2, 0.25) is 0 Å². The zero-order valence-corrected chi connectivity index (χ0v) is 11.6. The molecule has 0 bridgehead atoms. The van der Waals surface area contributed by atoms with E-state index in [1.807, 2.05) is 35.9 Å². The summed E-state index contributed by atoms with van der Waals surface area (Å²) in [4.78, 5) is 15.0. The molecule has 0 saturated heterocycles. The highest BCUT2D eigenvalue weighted by Crippen LogP contribution is 2.25. The van der Waals surface area contributed by atoms with E-state index in [4.69, 9.17) is 5.11 Å². The van der Waals surface area contributed by atoms with Crippen LogP contribution in [0.3, 0.4) is 0 Å². The molecule has 3 aromatic rings. The number of nitrogens with zero attached hydrogens (tertiary/aromatic N) is 4. The molecule has 0 amide bonds. The highest BCUT2D eigenvalue weighted by atomic mass is 32.2. The third kappa shape index (κ3) is 2.20. The molecule has 0 saturated carbocycles. The zero-order valence-electron chi connectivity index (χ0n) is 10.8. The number of carboxylic acid groups (broad SMARTS) is 1. The van der Waals surface area contributed by atoms with Gasteiger partial charge in [-0.15, -0.1) is 10.2 Å². The molecule has 0 aliphatic carbocycles. The van der Waals surface area contributed by atoms with E-state index in [1.165, 1.54) is 11.8 Å². The second-order valence-corrected chi connectivity index (χ2v) is 5.40. The van der Waals surface area contributed by atoms with Gasteiger partial charge in [0, 0.05) is 18.2 Å². The van der Waals surface area contributed by atoms with Gasteiger partial charge in [0.2, 0.25) is 5.16 Å². The van der Waals surface area contributed by atoms with Crippen molar-refractivity contribution in [3.63, 3.8) is 0 Å². The van der Waals surface area contributed by atoms with E-state index in [9.17, 15) is 4.79 Å². The number of carbonyl (C=O) groups is 1. The van der Waals surface area contributed by atoms with Gasteiger partial charge in [0.15, 0.2) is 5.65 Å². The molecule has 0 aliphatic rings. The van der Waals surface area contributed by atoms with Gasteiger partial charge in [0.25, 0.3) is 0 Å². The Morgan fingerprint density at radius 3 is 2.95 bits per heavy atom. The molecule has 0 unspecified atom stereocenters. The third-order valence-corrected chi connectivity index (χ3v) is 3.87. The summed E-state index contributed by atoms with van der Waals surface area (Å²) < 4.78 is 1.97. The van der Waals surface area contributed by atoms with Crippen molar-refractivity contribution in [1.82, 2.24) is 19.7 Å². The number of aromatic nitrogens is 4. The molecule has 0 atom stereocenters. The summed E-state index contributed by atoms with van der Waals surface area (Å²) in [5, 5.41) is 18.4. The van der Waals surface area contributed by atoms with Crippen molar-refractivity contribution in [2.45, 2.75) is 11.6 Å². The number of thioether (sulfide) groups is 1. The van der Waals surface area contributed by atoms with Crippen LogP contribution in [0.1, 0.15) is 6.42 Å². The van der Waals surface area contributed by atoms with Crippen LogP contribution >= 0.6 is 11.8 Å². The molecule has 1 N–H and O–H groups in total. The lowest BCUT2D eigenvalue weighted by Gasteiger charge is -1.99. The van der Waals surface area contributed by atoms with Crippen LogP contribution in [0.4, 0.5) is 0 Å². The maximum Gasteiger partial charge on any atom is 0.304 e. The lowest BCUT2D eigenvalue weighted by molar-refractivity contribution is -0.136. The summed E-state index contributed by atoms with van der Waals surface area (Å²) in [6.07, 6.45) is 0.0845. The number of para-hydroxylation sites is 1. The fourth-order valence-corrected chi connectivity index (χ4v) is 2.79. The van der Waals surface area contributed by atoms with Crippen molar-refractivity contribution < 1.29 is 9.90 Å². The maximum atomic E-state index is 10.5. The summed E-state index contributed by atoms with van der Waals surface area (Å²) in [5.74, 6) is -0.386. The quantitative estimate of drug-likeness (QED) is 0.740. The minimum absolute atomic E-state index is 0.0845. The number of aliphatic carboxylic acids is 1. The van der Waals surface area contributed by atoms with Gasteiger partial charge in [-0.1, -0.05) is 30.0 Å². The molecule has 102 valence electrons. The molecule has 20 heavy (non-hydrogen) atoms. The van der Waals surface area contributed by atoms with E-state index in [0.717, 1.165) is 22.1 Å². The van der Waals surface area contributed by atoms with Gasteiger partial charge in [-0.3, -0.25) is 4.79 Å². The first-order chi connectivity index (χ1) is 9.66. The van der Waals surface area contributed by atoms with E-state index in [-0.39, 0.29) is 6.42 Å². The Morgan fingerprint density at radius 2 is 2.15 bits per heavy atom. The molecule has 2 aromatic heterocycles. The largest absolute Gasteiger partial charge is 0.481 e. The summed E-state index contributed by atoms with van der Waals surface area (Å²) in [7, 11) is 1.94. The van der Waals surface area contributed by atoms with Crippen LogP contribution in [0.25, 0.3) is 22.1 Å². The zero-order chi connectivity index (χ0) is 14.1. The van der Waals surface area contributed by atoms with Gasteiger partial charge < -0.3 is 9.67 Å². The SMILES string of the molecule is Cn1c2ccccc2c2nnc(SCCC(=O)O)nc21. The number of benzene rings is 1. The smallest absolute Gasteiger partial charge is 0.304 e. The number of hydrogen-bond acceptors (Lipinski definition) is 5. The molecular formula is C13H12N4O2S. The van der Waals surface area contributed by atoms with Gasteiger partial charge in [0.1, 0.15) is 5.52 Å². The first kappa shape index (κ1) is 12.9. The Labute approximate surface area is 118 Å². The summed E-state index contributed by atoms with van der Waals surface area (Å²) in [6.45, 7) is 0. The van der Waals surface area contributed by atoms with Gasteiger partial charge in [-0.2, -0.15) is 0 Å². The summed E-state index contributed by atoms with van der Waals surface area (Å²) >= 11 is 1.30. The van der Waals surface area contributed by atoms with Gasteiger partial charge >= 0.3 is 5.97 Å². The van der Waals surface area contributed by atoms with Crippen molar-refractivity contribution in [3.05, 3.63) is 24.3 Å². The number of hydrogen-bond donors (Lipinski definition) is 1. The predicted molar refractivity (Wildman–Crippen MR) is 76.8 cm³/mol. The number of aryl methyl sites for hydroxylation is 1. The molecular weight excluding hydrogens is 276 g/mol. The van der Waals surface area contributed by atoms with Crippen LogP contribution in [0, 0.1) is 0 Å². The van der Waals surface area contributed by atoms with Gasteiger partial charge in [-0.25, -0.2) is 4.98 Å². The third-order valence-electron chi connectivity index (χ3n) is 3.03. The van der Waals surface area contributed by atoms with Gasteiger partial charge in [-0.05, 0) is 6.07 Å². The Kier molecular flexibility index (Phi) is 3.27. The number of fused-ring (bicyclic) bond motifs is 3. The van der Waals surface area contributed by atoms with E-state index >= 15 is 0 Å². The van der Waals surface area contributed by atoms with Crippen molar-refractivity contribution in [2.24, 2.45) is 7.05 Å². The normalized spacial score (nSPS) is 11.2. The fourth-order valence-electron chi connectivity index (χ4n) is 2.08. The molecule has 0 aliphatic heterocycles. The van der Waals surface area contributed by atoms with E-state index in [1.54, 1.807) is 0 Å².